The summed E-state index contributed by atoms with van der Waals surface area (Å²) in [7, 11) is 0. The van der Waals surface area contributed by atoms with Crippen molar-refractivity contribution in [2.45, 2.75) is 26.4 Å². The molecule has 0 spiro atoms. The summed E-state index contributed by atoms with van der Waals surface area (Å²) in [4.78, 5) is 15.6. The summed E-state index contributed by atoms with van der Waals surface area (Å²) in [6.07, 6.45) is 2.07. The lowest BCUT2D eigenvalue weighted by atomic mass is 10.00. The van der Waals surface area contributed by atoms with Crippen molar-refractivity contribution in [3.63, 3.8) is 0 Å². The molecule has 5 heteroatoms. The number of aromatic nitrogens is 1. The minimum Gasteiger partial charge on any atom is -0.494 e. The molecule has 2 amide bonds. The third-order valence-corrected chi connectivity index (χ3v) is 6.00. The van der Waals surface area contributed by atoms with Crippen LogP contribution in [0.4, 0.5) is 10.5 Å². The van der Waals surface area contributed by atoms with Crippen LogP contribution in [-0.4, -0.2) is 22.1 Å². The number of carbonyl (C=O) groups excluding carboxylic acids is 1. The predicted octanol–water partition coefficient (Wildman–Crippen LogP) is 6.32. The van der Waals surface area contributed by atoms with Crippen LogP contribution in [0.15, 0.2) is 91.1 Å². The van der Waals surface area contributed by atoms with Crippen molar-refractivity contribution in [1.29, 1.82) is 0 Å². The van der Waals surface area contributed by atoms with Gasteiger partial charge >= 0.3 is 6.03 Å². The number of benzene rings is 3. The van der Waals surface area contributed by atoms with Crippen molar-refractivity contribution < 1.29 is 9.53 Å². The Morgan fingerprint density at radius 2 is 1.82 bits per heavy atom. The molecule has 1 aliphatic rings. The van der Waals surface area contributed by atoms with Crippen LogP contribution >= 0.6 is 0 Å². The largest absolute Gasteiger partial charge is 0.494 e. The molecular formula is C28H27N3O2. The lowest BCUT2D eigenvalue weighted by Crippen LogP contribution is -2.37. The number of anilines is 1. The van der Waals surface area contributed by atoms with Gasteiger partial charge in [0.15, 0.2) is 0 Å². The van der Waals surface area contributed by atoms with Gasteiger partial charge < -0.3 is 19.5 Å². The van der Waals surface area contributed by atoms with Gasteiger partial charge in [-0.15, -0.1) is 0 Å². The third-order valence-electron chi connectivity index (χ3n) is 6.00. The van der Waals surface area contributed by atoms with Gasteiger partial charge in [0.2, 0.25) is 0 Å². The summed E-state index contributed by atoms with van der Waals surface area (Å²) in [5.41, 5.74) is 6.26. The predicted molar refractivity (Wildman–Crippen MR) is 131 cm³/mol. The molecule has 5 rings (SSSR count). The summed E-state index contributed by atoms with van der Waals surface area (Å²) in [6, 6.07) is 27.9. The van der Waals surface area contributed by atoms with Gasteiger partial charge in [-0.25, -0.2) is 4.79 Å². The SMILES string of the molecule is CCOc1ccc(NC(=O)N2Cc3ccccc3-n3cccc3[C@H]2c2cccc(C)c2)cc1. The molecule has 0 aliphatic carbocycles. The first kappa shape index (κ1) is 20.9. The minimum absolute atomic E-state index is 0.143. The zero-order valence-corrected chi connectivity index (χ0v) is 18.9. The van der Waals surface area contributed by atoms with Crippen LogP contribution in [0.2, 0.25) is 0 Å². The number of nitrogens with one attached hydrogen (secondary N) is 1. The number of amides is 2. The van der Waals surface area contributed by atoms with Crippen LogP contribution < -0.4 is 10.1 Å². The molecule has 0 fully saturated rings. The number of para-hydroxylation sites is 1. The smallest absolute Gasteiger partial charge is 0.322 e. The fourth-order valence-corrected chi connectivity index (χ4v) is 4.53. The number of ether oxygens (including phenoxy) is 1. The normalized spacial score (nSPS) is 14.7. The quantitative estimate of drug-likeness (QED) is 0.406. The van der Waals surface area contributed by atoms with Gasteiger partial charge in [0.05, 0.1) is 24.9 Å². The van der Waals surface area contributed by atoms with Crippen molar-refractivity contribution in [2.75, 3.05) is 11.9 Å². The Morgan fingerprint density at radius 3 is 2.61 bits per heavy atom. The number of hydrogen-bond acceptors (Lipinski definition) is 2. The highest BCUT2D eigenvalue weighted by Gasteiger charge is 2.33. The Labute approximate surface area is 194 Å². The molecule has 33 heavy (non-hydrogen) atoms. The molecule has 0 radical (unpaired) electrons. The van der Waals surface area contributed by atoms with E-state index in [-0.39, 0.29) is 12.1 Å². The fraction of sp³-hybridized carbons (Fsp3) is 0.179. The van der Waals surface area contributed by atoms with Crippen LogP contribution in [-0.2, 0) is 6.54 Å². The van der Waals surface area contributed by atoms with Crippen molar-refractivity contribution in [3.05, 3.63) is 114 Å². The average Bonchev–Trinajstić information content (AvgIpc) is 3.24. The maximum atomic E-state index is 13.7. The number of fused-ring (bicyclic) bond motifs is 3. The van der Waals surface area contributed by atoms with E-state index in [0.29, 0.717) is 13.2 Å². The van der Waals surface area contributed by atoms with Crippen molar-refractivity contribution >= 4 is 11.7 Å². The van der Waals surface area contributed by atoms with E-state index >= 15 is 0 Å². The Bertz CT molecular complexity index is 1280. The van der Waals surface area contributed by atoms with Crippen LogP contribution in [0.3, 0.4) is 0 Å². The molecule has 3 aromatic carbocycles. The van der Waals surface area contributed by atoms with Gasteiger partial charge in [-0.3, -0.25) is 0 Å². The molecule has 5 nitrogen and oxygen atoms in total. The molecule has 2 heterocycles. The second kappa shape index (κ2) is 8.87. The van der Waals surface area contributed by atoms with Gasteiger partial charge in [0.25, 0.3) is 0 Å². The molecule has 1 N–H and O–H groups in total. The highest BCUT2D eigenvalue weighted by atomic mass is 16.5. The highest BCUT2D eigenvalue weighted by molar-refractivity contribution is 5.90. The lowest BCUT2D eigenvalue weighted by Gasteiger charge is -2.31. The fourth-order valence-electron chi connectivity index (χ4n) is 4.53. The molecule has 1 aromatic heterocycles. The van der Waals surface area contributed by atoms with Crippen LogP contribution in [0.25, 0.3) is 5.69 Å². The van der Waals surface area contributed by atoms with Gasteiger partial charge in [-0.2, -0.15) is 0 Å². The van der Waals surface area contributed by atoms with Gasteiger partial charge in [0.1, 0.15) is 5.75 Å². The first-order valence-electron chi connectivity index (χ1n) is 11.3. The lowest BCUT2D eigenvalue weighted by molar-refractivity contribution is 0.194. The molecule has 1 atom stereocenters. The first-order valence-corrected chi connectivity index (χ1v) is 11.3. The van der Waals surface area contributed by atoms with E-state index in [9.17, 15) is 4.79 Å². The van der Waals surface area contributed by atoms with Gasteiger partial charge in [-0.1, -0.05) is 48.0 Å². The zero-order valence-electron chi connectivity index (χ0n) is 18.9. The van der Waals surface area contributed by atoms with E-state index in [1.54, 1.807) is 0 Å². The van der Waals surface area contributed by atoms with Crippen LogP contribution in [0.1, 0.15) is 35.3 Å². The summed E-state index contributed by atoms with van der Waals surface area (Å²) in [5.74, 6) is 0.787. The van der Waals surface area contributed by atoms with Crippen molar-refractivity contribution in [2.24, 2.45) is 0 Å². The minimum atomic E-state index is -0.227. The standard InChI is InChI=1S/C28H27N3O2/c1-3-33-24-15-13-23(14-16-24)29-28(32)31-19-22-9-4-5-11-25(22)30-17-7-12-26(30)27(31)21-10-6-8-20(2)18-21/h4-18,27H,3,19H2,1-2H3,(H,29,32)/t27-/m1/s1. The molecule has 0 unspecified atom stereocenters. The van der Waals surface area contributed by atoms with E-state index < -0.39 is 0 Å². The monoisotopic (exact) mass is 437 g/mol. The highest BCUT2D eigenvalue weighted by Crippen LogP contribution is 2.37. The second-order valence-corrected chi connectivity index (χ2v) is 8.26. The van der Waals surface area contributed by atoms with Gasteiger partial charge in [-0.05, 0) is 67.4 Å². The number of nitrogens with zero attached hydrogens (tertiary/aromatic N) is 2. The number of rotatable bonds is 4. The van der Waals surface area contributed by atoms with Crippen molar-refractivity contribution in [1.82, 2.24) is 9.47 Å². The number of urea groups is 1. The van der Waals surface area contributed by atoms with E-state index in [2.05, 4.69) is 65.5 Å². The molecule has 4 aromatic rings. The molecule has 1 aliphatic heterocycles. The van der Waals surface area contributed by atoms with Gasteiger partial charge in [0, 0.05) is 17.6 Å². The van der Waals surface area contributed by atoms with E-state index in [0.717, 1.165) is 33.9 Å². The summed E-state index contributed by atoms with van der Waals surface area (Å²) in [6.45, 7) is 5.14. The van der Waals surface area contributed by atoms with E-state index in [4.69, 9.17) is 4.74 Å². The molecule has 0 bridgehead atoms. The topological polar surface area (TPSA) is 46.5 Å². The Hall–Kier alpha value is -3.99. The number of carbonyl (C=O) groups is 1. The summed E-state index contributed by atoms with van der Waals surface area (Å²) >= 11 is 0. The molecule has 0 saturated carbocycles. The molecule has 0 saturated heterocycles. The Morgan fingerprint density at radius 1 is 1.00 bits per heavy atom. The number of hydrogen-bond donors (Lipinski definition) is 1. The van der Waals surface area contributed by atoms with Crippen molar-refractivity contribution in [3.8, 4) is 11.4 Å². The molecular weight excluding hydrogens is 410 g/mol. The summed E-state index contributed by atoms with van der Waals surface area (Å²) in [5, 5.41) is 3.10. The maximum Gasteiger partial charge on any atom is 0.322 e. The van der Waals surface area contributed by atoms with Crippen LogP contribution in [0.5, 0.6) is 5.75 Å². The Kier molecular flexibility index (Phi) is 5.61. The average molecular weight is 438 g/mol. The maximum absolute atomic E-state index is 13.7. The third kappa shape index (κ3) is 4.10. The van der Waals surface area contributed by atoms with E-state index in [1.165, 1.54) is 5.56 Å². The van der Waals surface area contributed by atoms with E-state index in [1.807, 2.05) is 54.3 Å². The first-order chi connectivity index (χ1) is 16.1. The second-order valence-electron chi connectivity index (χ2n) is 8.26. The zero-order chi connectivity index (χ0) is 22.8. The Balaban J connectivity index is 1.56. The molecule has 166 valence electrons. The summed E-state index contributed by atoms with van der Waals surface area (Å²) < 4.78 is 7.73. The number of aryl methyl sites for hydroxylation is 1. The van der Waals surface area contributed by atoms with Crippen LogP contribution in [0, 0.1) is 6.92 Å².